The Hall–Kier alpha value is -12.2. The highest BCUT2D eigenvalue weighted by molar-refractivity contribution is 6.01. The molecular weight excluding hydrogens is 1440 g/mol. The molecule has 0 spiro atoms. The molecule has 7 N–H and O–H groups in total. The van der Waals surface area contributed by atoms with Gasteiger partial charge in [-0.15, -0.1) is 0 Å². The van der Waals surface area contributed by atoms with Gasteiger partial charge in [0.05, 0.1) is 46.2 Å². The molecule has 25 heteroatoms. The third-order valence-electron chi connectivity index (χ3n) is 16.0. The number of hydrogen-bond donors (Lipinski definition) is 7. The zero-order valence-corrected chi connectivity index (χ0v) is 64.2. The Balaban J connectivity index is 0.000000649. The molecule has 7 aromatic carbocycles. The number of aryl methyl sites for hydroxylation is 4. The summed E-state index contributed by atoms with van der Waals surface area (Å²) in [6.07, 6.45) is 4.37. The Morgan fingerprint density at radius 1 is 0.306 bits per heavy atom. The molecule has 0 aliphatic rings. The minimum absolute atomic E-state index is 0.00426. The summed E-state index contributed by atoms with van der Waals surface area (Å²) >= 11 is 0. The van der Waals surface area contributed by atoms with Crippen molar-refractivity contribution in [2.75, 3.05) is 21.3 Å². The number of ether oxygens (including phenoxy) is 3. The van der Waals surface area contributed by atoms with Crippen LogP contribution in [0.15, 0.2) is 158 Å². The quantitative estimate of drug-likeness (QED) is 0.0140. The maximum absolute atomic E-state index is 12.5. The van der Waals surface area contributed by atoms with E-state index in [4.69, 9.17) is 50.0 Å². The Kier molecular flexibility index (Phi) is 47.5. The van der Waals surface area contributed by atoms with Gasteiger partial charge in [-0.2, -0.15) is 0 Å². The van der Waals surface area contributed by atoms with Gasteiger partial charge in [0.25, 0.3) is 0 Å². The van der Waals surface area contributed by atoms with Gasteiger partial charge in [-0.1, -0.05) is 104 Å². The van der Waals surface area contributed by atoms with Crippen molar-refractivity contribution in [3.63, 3.8) is 0 Å². The zero-order valence-electron chi connectivity index (χ0n) is 64.2. The molecule has 0 saturated heterocycles. The third-order valence-corrected chi connectivity index (χ3v) is 16.0. The maximum Gasteiger partial charge on any atom is 0.303 e. The monoisotopic (exact) mass is 1540 g/mol. The number of carbonyl (C=O) groups is 14. The molecule has 7 rings (SSSR count). The van der Waals surface area contributed by atoms with Gasteiger partial charge < -0.3 is 50.0 Å². The number of halogens is 1. The summed E-state index contributed by atoms with van der Waals surface area (Å²) in [7, 11) is 4.66. The average Bonchev–Trinajstić information content (AvgIpc) is 0.829. The van der Waals surface area contributed by atoms with E-state index >= 15 is 0 Å². The fourth-order valence-corrected chi connectivity index (χ4v) is 10.1. The third kappa shape index (κ3) is 42.8. The van der Waals surface area contributed by atoms with Crippen LogP contribution in [0.1, 0.15) is 249 Å². The highest BCUT2D eigenvalue weighted by Gasteiger charge is 2.17. The number of benzene rings is 7. The number of para-hydroxylation sites is 1. The van der Waals surface area contributed by atoms with Gasteiger partial charge in [-0.25, -0.2) is 4.39 Å². The van der Waals surface area contributed by atoms with Crippen LogP contribution in [0, 0.1) is 33.5 Å². The topological polar surface area (TPSA) is 408 Å². The summed E-state index contributed by atoms with van der Waals surface area (Å²) in [5.74, 6) is -4.72. The fourth-order valence-electron chi connectivity index (χ4n) is 10.1. The summed E-state index contributed by atoms with van der Waals surface area (Å²) in [5.41, 5.74) is 9.12. The fraction of sp³-hybridized carbons (Fsp3) is 0.349. The molecule has 24 nitrogen and oxygen atoms in total. The van der Waals surface area contributed by atoms with Crippen molar-refractivity contribution >= 4 is 82.3 Å². The second kappa shape index (κ2) is 54.4. The van der Waals surface area contributed by atoms with E-state index in [-0.39, 0.29) is 105 Å². The van der Waals surface area contributed by atoms with Crippen LogP contribution in [-0.2, 0) is 33.6 Å². The van der Waals surface area contributed by atoms with E-state index in [0.29, 0.717) is 121 Å². The standard InChI is InChI=1S/C15H20O4.C14H18O3.C13H16O4.C12H14O3.C11H12O4.C11H12O3.C10H9FO3/c1-10-8-12(9-11(2)15(10)19-3)13(16)6-4-5-7-14(17)18;1-10(2)11-6-8-12(9-7-11)13(15)4-3-5-14(16)17;1-17-11-8-6-10(7-9-11)12(14)4-2-3-5-13(15)16;1-8-3-4-10(9(2)7-8)11(13)5-6-12(14)15;1-15-10-5-3-2-4-8(10)9(12)6-7-11(13)14;12-10(7-4-8-11(13)14)9-5-2-1-3-6-9;11-8-3-1-7(2-4-8)9(12)5-6-10(13)14/h8-9H,4-7H2,1-3H3,(H,17,18);6-10H,3-5H2,1-2H3,(H,16,17);6-9H,2-5H2,1H3,(H,15,16);3-4,7H,5-6H2,1-2H3,(H,14,15);2-5H,6-7H2,1H3,(H,13,14);1-3,5-6H,4,7-8H2,(H,13,14);1-4H,5-6H2,(H,13,14). The summed E-state index contributed by atoms with van der Waals surface area (Å²) in [6.45, 7) is 11.8. The van der Waals surface area contributed by atoms with Crippen LogP contribution in [0.2, 0.25) is 0 Å². The van der Waals surface area contributed by atoms with Crippen molar-refractivity contribution < 1.29 is 121 Å². The van der Waals surface area contributed by atoms with Crippen molar-refractivity contribution in [3.8, 4) is 17.2 Å². The lowest BCUT2D eigenvalue weighted by Gasteiger charge is -2.10. The Morgan fingerprint density at radius 3 is 1.05 bits per heavy atom. The van der Waals surface area contributed by atoms with Crippen LogP contribution in [0.5, 0.6) is 17.2 Å². The van der Waals surface area contributed by atoms with Gasteiger partial charge in [-0.3, -0.25) is 67.1 Å². The largest absolute Gasteiger partial charge is 0.497 e. The number of ketones is 7. The lowest BCUT2D eigenvalue weighted by Crippen LogP contribution is -2.05. The number of carboxylic acid groups (broad SMARTS) is 7. The SMILES string of the molecule is CC(C)c1ccc(C(=O)CCCC(=O)O)cc1.COc1c(C)cc(C(=O)CCCCC(=O)O)cc1C.COc1ccc(C(=O)CCCCC(=O)O)cc1.COc1ccccc1C(=O)CCC(=O)O.Cc1ccc(C(=O)CCC(=O)O)c(C)c1.O=C(O)CCC(=O)c1ccc(F)cc1.O=C(O)CCCC(=O)c1ccccc1. The highest BCUT2D eigenvalue weighted by atomic mass is 19.1. The van der Waals surface area contributed by atoms with Crippen molar-refractivity contribution in [2.24, 2.45) is 0 Å². The molecule has 0 aliphatic heterocycles. The summed E-state index contributed by atoms with van der Waals surface area (Å²) in [6, 6.07) is 44.4. The van der Waals surface area contributed by atoms with Crippen molar-refractivity contribution in [1.29, 1.82) is 0 Å². The Morgan fingerprint density at radius 2 is 0.649 bits per heavy atom. The lowest BCUT2D eigenvalue weighted by molar-refractivity contribution is -0.138. The molecule has 0 fully saturated rings. The molecule has 0 radical (unpaired) electrons. The number of rotatable bonds is 38. The van der Waals surface area contributed by atoms with Crippen molar-refractivity contribution in [3.05, 3.63) is 230 Å². The first-order chi connectivity index (χ1) is 52.5. The van der Waals surface area contributed by atoms with E-state index in [0.717, 1.165) is 28.0 Å². The number of carboxylic acids is 7. The van der Waals surface area contributed by atoms with E-state index in [1.807, 2.05) is 82.3 Å². The van der Waals surface area contributed by atoms with E-state index in [9.17, 15) is 71.5 Å². The van der Waals surface area contributed by atoms with Crippen LogP contribution in [-0.4, -0.2) is 139 Å². The first-order valence-corrected chi connectivity index (χ1v) is 35.7. The van der Waals surface area contributed by atoms with E-state index < -0.39 is 47.6 Å². The van der Waals surface area contributed by atoms with Gasteiger partial charge in [-0.05, 0) is 167 Å². The lowest BCUT2D eigenvalue weighted by atomic mass is 9.99. The normalized spacial score (nSPS) is 10.0. The number of aliphatic carboxylic acids is 7. The highest BCUT2D eigenvalue weighted by Crippen LogP contribution is 2.26. The Labute approximate surface area is 645 Å². The molecule has 0 aromatic heterocycles. The van der Waals surface area contributed by atoms with Gasteiger partial charge in [0.2, 0.25) is 0 Å². The molecule has 0 saturated carbocycles. The molecule has 111 heavy (non-hydrogen) atoms. The molecule has 0 unspecified atom stereocenters. The molecule has 0 bridgehead atoms. The number of methoxy groups -OCH3 is 3. The average molecular weight is 1540 g/mol. The zero-order chi connectivity index (χ0) is 83.5. The van der Waals surface area contributed by atoms with E-state index in [1.54, 1.807) is 93.1 Å². The molecule has 7 aromatic rings. The predicted molar refractivity (Wildman–Crippen MR) is 414 cm³/mol. The van der Waals surface area contributed by atoms with Crippen LogP contribution in [0.3, 0.4) is 0 Å². The number of carbonyl (C=O) groups excluding carboxylic acids is 7. The predicted octanol–water partition coefficient (Wildman–Crippen LogP) is 17.0. The smallest absolute Gasteiger partial charge is 0.303 e. The Bertz CT molecular complexity index is 4160. The van der Waals surface area contributed by atoms with Crippen molar-refractivity contribution in [2.45, 2.75) is 176 Å². The first kappa shape index (κ1) is 96.9. The number of Topliss-reactive ketones (excluding diaryl/α,β-unsaturated/α-hetero) is 7. The number of unbranched alkanes of at least 4 members (excludes halogenated alkanes) is 2. The molecule has 0 amide bonds. The van der Waals surface area contributed by atoms with Crippen LogP contribution in [0.25, 0.3) is 0 Å². The molecule has 0 atom stereocenters. The van der Waals surface area contributed by atoms with Gasteiger partial charge in [0, 0.05) is 104 Å². The molecule has 0 heterocycles. The number of hydrogen-bond acceptors (Lipinski definition) is 17. The molecular formula is C86H101FO24. The summed E-state index contributed by atoms with van der Waals surface area (Å²) in [4.78, 5) is 153. The van der Waals surface area contributed by atoms with Gasteiger partial charge in [0.1, 0.15) is 23.1 Å². The minimum atomic E-state index is -1.01. The van der Waals surface area contributed by atoms with Gasteiger partial charge in [0.15, 0.2) is 40.5 Å². The second-order valence-electron chi connectivity index (χ2n) is 25.4. The second-order valence-corrected chi connectivity index (χ2v) is 25.4. The van der Waals surface area contributed by atoms with Crippen molar-refractivity contribution in [1.82, 2.24) is 0 Å². The van der Waals surface area contributed by atoms with Gasteiger partial charge >= 0.3 is 41.8 Å². The van der Waals surface area contributed by atoms with Crippen LogP contribution in [0.4, 0.5) is 4.39 Å². The first-order valence-electron chi connectivity index (χ1n) is 35.7. The van der Waals surface area contributed by atoms with E-state index in [2.05, 4.69) is 13.8 Å². The molecule has 0 aliphatic carbocycles. The van der Waals surface area contributed by atoms with Crippen LogP contribution >= 0.6 is 0 Å². The molecule has 596 valence electrons. The summed E-state index contributed by atoms with van der Waals surface area (Å²) in [5, 5.41) is 59.1. The maximum atomic E-state index is 12.5. The van der Waals surface area contributed by atoms with Crippen LogP contribution < -0.4 is 14.2 Å². The summed E-state index contributed by atoms with van der Waals surface area (Å²) < 4.78 is 27.7. The van der Waals surface area contributed by atoms with E-state index in [1.165, 1.54) is 36.9 Å². The minimum Gasteiger partial charge on any atom is -0.497 e.